The van der Waals surface area contributed by atoms with Crippen molar-refractivity contribution in [3.05, 3.63) is 63.8 Å². The molecule has 2 unspecified atom stereocenters. The zero-order chi connectivity index (χ0) is 24.3. The van der Waals surface area contributed by atoms with E-state index in [0.29, 0.717) is 31.6 Å². The number of amides is 1. The Morgan fingerprint density at radius 1 is 1.12 bits per heavy atom. The van der Waals surface area contributed by atoms with Gasteiger partial charge in [0, 0.05) is 28.3 Å². The normalized spacial score (nSPS) is 27.3. The molecule has 1 saturated heterocycles. The molecule has 178 valence electrons. The van der Waals surface area contributed by atoms with Gasteiger partial charge in [-0.3, -0.25) is 4.79 Å². The molecule has 2 atom stereocenters. The van der Waals surface area contributed by atoms with Crippen molar-refractivity contribution < 1.29 is 31.1 Å². The molecule has 2 aromatic carbocycles. The van der Waals surface area contributed by atoms with E-state index in [9.17, 15) is 26.4 Å². The summed E-state index contributed by atoms with van der Waals surface area (Å²) in [4.78, 5) is 15.1. The van der Waals surface area contributed by atoms with Crippen LogP contribution in [-0.4, -0.2) is 31.8 Å². The maximum Gasteiger partial charge on any atom is 0.255 e. The lowest BCUT2D eigenvalue weighted by atomic mass is 9.81. The molecule has 1 N–H and O–H groups in total. The van der Waals surface area contributed by atoms with Gasteiger partial charge < -0.3 is 10.1 Å². The zero-order valence-corrected chi connectivity index (χ0v) is 18.5. The molecule has 3 fully saturated rings. The molecule has 0 radical (unpaired) electrons. The van der Waals surface area contributed by atoms with Crippen molar-refractivity contribution in [1.82, 2.24) is 0 Å². The van der Waals surface area contributed by atoms with Gasteiger partial charge in [0.25, 0.3) is 5.91 Å². The van der Waals surface area contributed by atoms with Gasteiger partial charge in [0.15, 0.2) is 27.3 Å². The summed E-state index contributed by atoms with van der Waals surface area (Å²) in [7, 11) is -3.99. The Labute approximate surface area is 192 Å². The van der Waals surface area contributed by atoms with Gasteiger partial charge in [0.1, 0.15) is 0 Å². The first kappa shape index (κ1) is 22.7. The smallest absolute Gasteiger partial charge is 0.255 e. The van der Waals surface area contributed by atoms with Gasteiger partial charge in [0.05, 0.1) is 28.0 Å². The highest BCUT2D eigenvalue weighted by atomic mass is 32.2. The van der Waals surface area contributed by atoms with Crippen LogP contribution in [0.3, 0.4) is 0 Å². The average molecular weight is 492 g/mol. The van der Waals surface area contributed by atoms with Crippen LogP contribution in [0.5, 0.6) is 0 Å². The lowest BCUT2D eigenvalue weighted by Crippen LogP contribution is -2.40. The number of hydrogen-bond donors (Lipinski definition) is 1. The van der Waals surface area contributed by atoms with Crippen molar-refractivity contribution in [2.45, 2.75) is 41.4 Å². The van der Waals surface area contributed by atoms with Gasteiger partial charge in [-0.05, 0) is 55.2 Å². The van der Waals surface area contributed by atoms with Crippen LogP contribution in [-0.2, 0) is 14.6 Å². The fraction of sp³-hybridized carbons (Fsp3) is 0.409. The number of carbonyl (C=O) groups excluding carboxylic acids is 1. The molecule has 2 aliphatic carbocycles. The minimum Gasteiger partial charge on any atom is -0.370 e. The number of hydrogen-bond acceptors (Lipinski definition) is 5. The molecule has 8 nitrogen and oxygen atoms in total. The third-order valence-corrected chi connectivity index (χ3v) is 9.37. The summed E-state index contributed by atoms with van der Waals surface area (Å²) in [5.74, 6) is -5.72. The Hall–Kier alpha value is -3.08. The number of anilines is 1. The van der Waals surface area contributed by atoms with Crippen LogP contribution in [0.2, 0.25) is 0 Å². The molecule has 1 aliphatic heterocycles. The van der Waals surface area contributed by atoms with Crippen molar-refractivity contribution in [2.75, 3.05) is 11.9 Å². The number of epoxide rings is 1. The van der Waals surface area contributed by atoms with Crippen molar-refractivity contribution in [3.8, 4) is 0 Å². The monoisotopic (exact) mass is 492 g/mol. The van der Waals surface area contributed by atoms with E-state index < -0.39 is 38.4 Å². The summed E-state index contributed by atoms with van der Waals surface area (Å²) in [5, 5.41) is 5.04. The number of nitrogens with zero attached hydrogens (tertiary/aromatic N) is 3. The third-order valence-electron chi connectivity index (χ3n) is 6.94. The second kappa shape index (κ2) is 8.00. The number of benzene rings is 2. The molecule has 1 amide bonds. The predicted molar refractivity (Wildman–Crippen MR) is 115 cm³/mol. The SMILES string of the molecule is [N-]=[N+]=Nc1ccc(C(=O)Nc2cc(F)c(F)c(F)c2)cc1S(=O)(=O)C1C2CCC1CC1(CO1)C2. The van der Waals surface area contributed by atoms with E-state index in [-0.39, 0.29) is 39.3 Å². The zero-order valence-electron chi connectivity index (χ0n) is 17.7. The van der Waals surface area contributed by atoms with Crippen molar-refractivity contribution in [2.24, 2.45) is 17.0 Å². The Kier molecular flexibility index (Phi) is 5.34. The molecule has 2 aromatic rings. The predicted octanol–water partition coefficient (Wildman–Crippen LogP) is 5.03. The van der Waals surface area contributed by atoms with Gasteiger partial charge in [-0.2, -0.15) is 0 Å². The van der Waals surface area contributed by atoms with Gasteiger partial charge in [-0.1, -0.05) is 11.2 Å². The Morgan fingerprint density at radius 3 is 2.29 bits per heavy atom. The second-order valence-corrected chi connectivity index (χ2v) is 11.1. The quantitative estimate of drug-likeness (QED) is 0.207. The molecule has 34 heavy (non-hydrogen) atoms. The standard InChI is InChI=1S/C22H19F3N4O4S/c23-15-6-14(7-16(24)19(15)25)27-21(30)11-3-4-17(28-29-26)18(5-11)34(31,32)20-12-1-2-13(20)9-22(8-12)10-33-22/h3-7,12-13,20H,1-2,8-10H2,(H,27,30). The summed E-state index contributed by atoms with van der Waals surface area (Å²) < 4.78 is 73.2. The lowest BCUT2D eigenvalue weighted by Gasteiger charge is -2.33. The maximum absolute atomic E-state index is 13.7. The lowest BCUT2D eigenvalue weighted by molar-refractivity contribution is 0.102. The first-order valence-electron chi connectivity index (χ1n) is 10.7. The van der Waals surface area contributed by atoms with Crippen LogP contribution in [0.1, 0.15) is 36.0 Å². The first-order valence-corrected chi connectivity index (χ1v) is 12.2. The second-order valence-electron chi connectivity index (χ2n) is 9.07. The van der Waals surface area contributed by atoms with Crippen LogP contribution in [0.4, 0.5) is 24.5 Å². The Morgan fingerprint density at radius 2 is 1.74 bits per heavy atom. The van der Waals surface area contributed by atoms with Crippen LogP contribution in [0.15, 0.2) is 40.3 Å². The molecule has 1 spiro atoms. The largest absolute Gasteiger partial charge is 0.370 e. The van der Waals surface area contributed by atoms with Crippen molar-refractivity contribution in [3.63, 3.8) is 0 Å². The van der Waals surface area contributed by atoms with Crippen molar-refractivity contribution >= 4 is 27.1 Å². The van der Waals surface area contributed by atoms with Gasteiger partial charge in [-0.25, -0.2) is 21.6 Å². The fourth-order valence-corrected chi connectivity index (χ4v) is 7.92. The molecule has 2 saturated carbocycles. The van der Waals surface area contributed by atoms with Gasteiger partial charge >= 0.3 is 0 Å². The maximum atomic E-state index is 13.7. The molecule has 3 aliphatic rings. The summed E-state index contributed by atoms with van der Waals surface area (Å²) in [6.45, 7) is 0.636. The summed E-state index contributed by atoms with van der Waals surface area (Å²) in [6.07, 6.45) is 2.79. The minimum atomic E-state index is -3.99. The highest BCUT2D eigenvalue weighted by molar-refractivity contribution is 7.92. The average Bonchev–Trinajstić information content (AvgIpc) is 3.46. The molecular weight excluding hydrogens is 473 g/mol. The number of halogens is 3. The van der Waals surface area contributed by atoms with Crippen molar-refractivity contribution in [1.29, 1.82) is 0 Å². The summed E-state index contributed by atoms with van der Waals surface area (Å²) in [6, 6.07) is 4.76. The van der Waals surface area contributed by atoms with E-state index in [2.05, 4.69) is 15.3 Å². The van der Waals surface area contributed by atoms with E-state index in [0.717, 1.165) is 18.9 Å². The van der Waals surface area contributed by atoms with E-state index >= 15 is 0 Å². The highest BCUT2D eigenvalue weighted by Gasteiger charge is 2.60. The minimum absolute atomic E-state index is 0.104. The molecule has 5 rings (SSSR count). The van der Waals surface area contributed by atoms with E-state index in [1.807, 2.05) is 0 Å². The van der Waals surface area contributed by atoms with E-state index in [1.54, 1.807) is 0 Å². The molecule has 0 aromatic heterocycles. The number of rotatable bonds is 5. The van der Waals surface area contributed by atoms with Gasteiger partial charge in [-0.15, -0.1) is 0 Å². The van der Waals surface area contributed by atoms with Crippen LogP contribution in [0.25, 0.3) is 10.4 Å². The number of nitrogens with one attached hydrogen (secondary N) is 1. The number of carbonyl (C=O) groups is 1. The Bertz CT molecular complexity index is 1320. The Balaban J connectivity index is 1.49. The molecular formula is C22H19F3N4O4S. The summed E-state index contributed by atoms with van der Waals surface area (Å²) in [5.41, 5.74) is 8.10. The van der Waals surface area contributed by atoms with Gasteiger partial charge in [0.2, 0.25) is 0 Å². The first-order chi connectivity index (χ1) is 16.1. The number of ether oxygens (including phenoxy) is 1. The fourth-order valence-electron chi connectivity index (χ4n) is 5.45. The van der Waals surface area contributed by atoms with E-state index in [4.69, 9.17) is 10.3 Å². The highest BCUT2D eigenvalue weighted by Crippen LogP contribution is 2.56. The number of fused-ring (bicyclic) bond motifs is 2. The third kappa shape index (κ3) is 3.81. The van der Waals surface area contributed by atoms with Crippen LogP contribution >= 0.6 is 0 Å². The van der Waals surface area contributed by atoms with Crippen LogP contribution in [0, 0.1) is 29.3 Å². The molecule has 12 heteroatoms. The number of sulfone groups is 1. The summed E-state index contributed by atoms with van der Waals surface area (Å²) >= 11 is 0. The molecule has 2 bridgehead atoms. The topological polar surface area (TPSA) is 125 Å². The van der Waals surface area contributed by atoms with E-state index in [1.165, 1.54) is 12.1 Å². The number of azide groups is 1. The molecule has 1 heterocycles. The van der Waals surface area contributed by atoms with Crippen LogP contribution < -0.4 is 5.32 Å².